The van der Waals surface area contributed by atoms with Gasteiger partial charge in [0.25, 0.3) is 0 Å². The number of carboxylic acids is 1. The van der Waals surface area contributed by atoms with Crippen LogP contribution < -0.4 is 10.1 Å². The molecule has 1 unspecified atom stereocenters. The Labute approximate surface area is 131 Å². The zero-order chi connectivity index (χ0) is 15.5. The van der Waals surface area contributed by atoms with Gasteiger partial charge in [0, 0.05) is 12.1 Å². The number of methoxy groups -OCH3 is 1. The number of rotatable bonds is 4. The highest BCUT2D eigenvalue weighted by Gasteiger charge is 2.29. The van der Waals surface area contributed by atoms with Crippen LogP contribution in [0.2, 0.25) is 0 Å². The molecule has 3 rings (SSSR count). The fourth-order valence-corrected chi connectivity index (χ4v) is 3.88. The number of ether oxygens (including phenoxy) is 1. The third-order valence-electron chi connectivity index (χ3n) is 5.18. The monoisotopic (exact) mass is 303 g/mol. The van der Waals surface area contributed by atoms with Crippen LogP contribution in [-0.2, 0) is 11.2 Å². The second-order valence-electron chi connectivity index (χ2n) is 6.56. The lowest BCUT2D eigenvalue weighted by molar-refractivity contribution is -0.142. The molecule has 2 aliphatic rings. The molecule has 1 aromatic rings. The molecule has 4 heteroatoms. The molecule has 0 amide bonds. The highest BCUT2D eigenvalue weighted by Crippen LogP contribution is 2.34. The zero-order valence-electron chi connectivity index (χ0n) is 13.2. The normalized spacial score (nSPS) is 28.0. The molecular weight excluding hydrogens is 278 g/mol. The molecule has 120 valence electrons. The quantitative estimate of drug-likeness (QED) is 0.896. The number of benzene rings is 1. The molecule has 1 atom stereocenters. The van der Waals surface area contributed by atoms with Crippen LogP contribution in [0.25, 0.3) is 0 Å². The highest BCUT2D eigenvalue weighted by molar-refractivity contribution is 5.70. The minimum atomic E-state index is -0.631. The molecule has 2 aliphatic carbocycles. The molecule has 0 saturated heterocycles. The van der Waals surface area contributed by atoms with Crippen molar-refractivity contribution in [3.8, 4) is 5.75 Å². The Morgan fingerprint density at radius 2 is 2.00 bits per heavy atom. The molecular formula is C18H25NO3. The summed E-state index contributed by atoms with van der Waals surface area (Å²) in [6.07, 6.45) is 7.03. The van der Waals surface area contributed by atoms with Gasteiger partial charge in [-0.05, 0) is 68.2 Å². The van der Waals surface area contributed by atoms with Crippen LogP contribution in [-0.4, -0.2) is 24.2 Å². The maximum Gasteiger partial charge on any atom is 0.306 e. The lowest BCUT2D eigenvalue weighted by Crippen LogP contribution is -2.38. The van der Waals surface area contributed by atoms with E-state index in [1.807, 2.05) is 6.07 Å². The first-order chi connectivity index (χ1) is 10.7. The van der Waals surface area contributed by atoms with Crippen LogP contribution in [0.5, 0.6) is 5.75 Å². The van der Waals surface area contributed by atoms with Crippen molar-refractivity contribution >= 4 is 5.97 Å². The van der Waals surface area contributed by atoms with Crippen LogP contribution in [0.1, 0.15) is 55.7 Å². The predicted octanol–water partition coefficient (Wildman–Crippen LogP) is 3.31. The summed E-state index contributed by atoms with van der Waals surface area (Å²) in [5.41, 5.74) is 2.79. The van der Waals surface area contributed by atoms with Gasteiger partial charge in [0.05, 0.1) is 13.0 Å². The Bertz CT molecular complexity index is 535. The van der Waals surface area contributed by atoms with Crippen LogP contribution in [0, 0.1) is 5.92 Å². The number of nitrogens with one attached hydrogen (secondary N) is 1. The maximum absolute atomic E-state index is 11.0. The van der Waals surface area contributed by atoms with Gasteiger partial charge in [-0.1, -0.05) is 6.07 Å². The molecule has 1 fully saturated rings. The number of aryl methyl sites for hydroxylation is 1. The van der Waals surface area contributed by atoms with Crippen molar-refractivity contribution in [2.24, 2.45) is 5.92 Å². The van der Waals surface area contributed by atoms with E-state index in [2.05, 4.69) is 17.4 Å². The number of aliphatic carboxylic acids is 1. The highest BCUT2D eigenvalue weighted by atomic mass is 16.5. The number of fused-ring (bicyclic) bond motifs is 1. The van der Waals surface area contributed by atoms with Crippen molar-refractivity contribution in [1.82, 2.24) is 5.32 Å². The van der Waals surface area contributed by atoms with Gasteiger partial charge in [0.1, 0.15) is 5.75 Å². The topological polar surface area (TPSA) is 58.6 Å². The summed E-state index contributed by atoms with van der Waals surface area (Å²) in [5.74, 6) is 0.163. The van der Waals surface area contributed by atoms with E-state index in [-0.39, 0.29) is 5.92 Å². The van der Waals surface area contributed by atoms with Crippen LogP contribution in [0.15, 0.2) is 18.2 Å². The lowest BCUT2D eigenvalue weighted by Gasteiger charge is -2.34. The van der Waals surface area contributed by atoms with E-state index in [4.69, 9.17) is 9.84 Å². The second kappa shape index (κ2) is 6.69. The Morgan fingerprint density at radius 1 is 1.23 bits per heavy atom. The molecule has 22 heavy (non-hydrogen) atoms. The number of hydrogen-bond acceptors (Lipinski definition) is 3. The van der Waals surface area contributed by atoms with E-state index in [0.717, 1.165) is 44.3 Å². The van der Waals surface area contributed by atoms with E-state index in [0.29, 0.717) is 12.1 Å². The van der Waals surface area contributed by atoms with E-state index in [1.54, 1.807) is 7.11 Å². The minimum absolute atomic E-state index is 0.138. The summed E-state index contributed by atoms with van der Waals surface area (Å²) in [6, 6.07) is 7.24. The summed E-state index contributed by atoms with van der Waals surface area (Å²) in [6.45, 7) is 0. The van der Waals surface area contributed by atoms with E-state index in [1.165, 1.54) is 17.5 Å². The number of hydrogen-bond donors (Lipinski definition) is 2. The standard InChI is InChI=1S/C18H25NO3/c1-22-15-9-10-16-13(11-15)3-2-4-17(16)19-14-7-5-12(6-8-14)18(20)21/h9-12,14,17,19H,2-8H2,1H3,(H,20,21). The van der Waals surface area contributed by atoms with Gasteiger partial charge >= 0.3 is 5.97 Å². The van der Waals surface area contributed by atoms with Gasteiger partial charge in [-0.15, -0.1) is 0 Å². The van der Waals surface area contributed by atoms with Crippen molar-refractivity contribution in [1.29, 1.82) is 0 Å². The lowest BCUT2D eigenvalue weighted by atomic mass is 9.83. The summed E-state index contributed by atoms with van der Waals surface area (Å²) in [7, 11) is 1.71. The van der Waals surface area contributed by atoms with Crippen molar-refractivity contribution < 1.29 is 14.6 Å². The predicted molar refractivity (Wildman–Crippen MR) is 85.2 cm³/mol. The third kappa shape index (κ3) is 3.27. The molecule has 1 aromatic carbocycles. The Hall–Kier alpha value is -1.55. The molecule has 1 saturated carbocycles. The Kier molecular flexibility index (Phi) is 4.67. The van der Waals surface area contributed by atoms with Gasteiger partial charge in [-0.3, -0.25) is 4.79 Å². The van der Waals surface area contributed by atoms with Gasteiger partial charge < -0.3 is 15.2 Å². The van der Waals surface area contributed by atoms with Crippen LogP contribution in [0.3, 0.4) is 0 Å². The Balaban J connectivity index is 1.64. The van der Waals surface area contributed by atoms with E-state index < -0.39 is 5.97 Å². The smallest absolute Gasteiger partial charge is 0.306 e. The van der Waals surface area contributed by atoms with Crippen LogP contribution >= 0.6 is 0 Å². The zero-order valence-corrected chi connectivity index (χ0v) is 13.2. The summed E-state index contributed by atoms with van der Waals surface area (Å²) < 4.78 is 5.32. The summed E-state index contributed by atoms with van der Waals surface area (Å²) in [5, 5.41) is 12.9. The van der Waals surface area contributed by atoms with Crippen molar-refractivity contribution in [2.75, 3.05) is 7.11 Å². The molecule has 0 spiro atoms. The maximum atomic E-state index is 11.0. The largest absolute Gasteiger partial charge is 0.497 e. The fraction of sp³-hybridized carbons (Fsp3) is 0.611. The first kappa shape index (κ1) is 15.3. The molecule has 0 aromatic heterocycles. The number of carboxylic acid groups (broad SMARTS) is 1. The van der Waals surface area contributed by atoms with Gasteiger partial charge in [0.15, 0.2) is 0 Å². The van der Waals surface area contributed by atoms with E-state index >= 15 is 0 Å². The molecule has 4 nitrogen and oxygen atoms in total. The third-order valence-corrected chi connectivity index (χ3v) is 5.18. The summed E-state index contributed by atoms with van der Waals surface area (Å²) in [4.78, 5) is 11.0. The van der Waals surface area contributed by atoms with Crippen LogP contribution in [0.4, 0.5) is 0 Å². The average Bonchev–Trinajstić information content (AvgIpc) is 2.55. The van der Waals surface area contributed by atoms with Gasteiger partial charge in [0.2, 0.25) is 0 Å². The van der Waals surface area contributed by atoms with Crippen molar-refractivity contribution in [3.63, 3.8) is 0 Å². The SMILES string of the molecule is COc1ccc2c(c1)CCCC2NC1CCC(C(=O)O)CC1. The molecule has 2 N–H and O–H groups in total. The summed E-state index contributed by atoms with van der Waals surface area (Å²) >= 11 is 0. The number of carbonyl (C=O) groups is 1. The molecule has 0 heterocycles. The first-order valence-corrected chi connectivity index (χ1v) is 8.33. The minimum Gasteiger partial charge on any atom is -0.497 e. The Morgan fingerprint density at radius 3 is 2.68 bits per heavy atom. The molecule has 0 aliphatic heterocycles. The van der Waals surface area contributed by atoms with Gasteiger partial charge in [-0.2, -0.15) is 0 Å². The van der Waals surface area contributed by atoms with Gasteiger partial charge in [-0.25, -0.2) is 0 Å². The first-order valence-electron chi connectivity index (χ1n) is 8.33. The average molecular weight is 303 g/mol. The van der Waals surface area contributed by atoms with E-state index in [9.17, 15) is 4.79 Å². The molecule has 0 bridgehead atoms. The fourth-order valence-electron chi connectivity index (χ4n) is 3.88. The van der Waals surface area contributed by atoms with Crippen molar-refractivity contribution in [2.45, 2.75) is 57.0 Å². The molecule has 0 radical (unpaired) electrons. The van der Waals surface area contributed by atoms with Crippen molar-refractivity contribution in [3.05, 3.63) is 29.3 Å². The second-order valence-corrected chi connectivity index (χ2v) is 6.56.